The lowest BCUT2D eigenvalue weighted by Crippen LogP contribution is -2.20. The smallest absolute Gasteiger partial charge is 0.260 e. The number of rotatable bonds is 3. The Balaban J connectivity index is 1.75. The summed E-state index contributed by atoms with van der Waals surface area (Å²) in [4.78, 5) is 20.0. The monoisotopic (exact) mass is 303 g/mol. The summed E-state index contributed by atoms with van der Waals surface area (Å²) in [5, 5.41) is 2.79. The van der Waals surface area contributed by atoms with E-state index in [0.29, 0.717) is 11.9 Å². The molecule has 0 bridgehead atoms. The van der Waals surface area contributed by atoms with Crippen molar-refractivity contribution in [2.45, 2.75) is 19.9 Å². The highest BCUT2D eigenvalue weighted by atomic mass is 16.1. The van der Waals surface area contributed by atoms with Crippen molar-refractivity contribution >= 4 is 21.7 Å². The van der Waals surface area contributed by atoms with Crippen molar-refractivity contribution < 1.29 is 0 Å². The van der Waals surface area contributed by atoms with Crippen LogP contribution in [-0.4, -0.2) is 14.5 Å². The summed E-state index contributed by atoms with van der Waals surface area (Å²) in [5.74, 6) is 0. The van der Waals surface area contributed by atoms with Gasteiger partial charge in [0.05, 0.1) is 11.9 Å². The number of H-pyrrole nitrogens is 1. The molecular weight excluding hydrogens is 286 g/mol. The van der Waals surface area contributed by atoms with Crippen LogP contribution in [0, 0.1) is 0 Å². The molecule has 114 valence electrons. The molecule has 0 aliphatic rings. The fourth-order valence-electron chi connectivity index (χ4n) is 2.97. The molecule has 4 heteroatoms. The van der Waals surface area contributed by atoms with E-state index in [1.54, 1.807) is 17.0 Å². The highest BCUT2D eigenvalue weighted by Crippen LogP contribution is 2.18. The summed E-state index contributed by atoms with van der Waals surface area (Å²) in [5.41, 5.74) is 3.45. The van der Waals surface area contributed by atoms with Crippen LogP contribution in [0.3, 0.4) is 0 Å². The number of hydrogen-bond donors (Lipinski definition) is 1. The van der Waals surface area contributed by atoms with Crippen molar-refractivity contribution in [1.82, 2.24) is 14.5 Å². The molecule has 0 saturated carbocycles. The lowest BCUT2D eigenvalue weighted by Gasteiger charge is -2.07. The SMILES string of the molecule is CCc1cc2ccc(Cn3ccc4ccncc4c3=O)cc2[nH]1. The van der Waals surface area contributed by atoms with Crippen LogP contribution < -0.4 is 5.56 Å². The molecule has 4 rings (SSSR count). The summed E-state index contributed by atoms with van der Waals surface area (Å²) in [7, 11) is 0. The molecule has 1 N–H and O–H groups in total. The van der Waals surface area contributed by atoms with Gasteiger partial charge in [-0.1, -0.05) is 19.1 Å². The number of nitrogens with zero attached hydrogens (tertiary/aromatic N) is 2. The third-order valence-corrected chi connectivity index (χ3v) is 4.26. The molecule has 0 radical (unpaired) electrons. The zero-order valence-corrected chi connectivity index (χ0v) is 12.9. The molecule has 3 heterocycles. The summed E-state index contributed by atoms with van der Waals surface area (Å²) in [6, 6.07) is 12.3. The summed E-state index contributed by atoms with van der Waals surface area (Å²) in [6.07, 6.45) is 6.18. The Hall–Kier alpha value is -2.88. The Morgan fingerprint density at radius 3 is 2.91 bits per heavy atom. The van der Waals surface area contributed by atoms with Crippen LogP contribution in [0.25, 0.3) is 21.7 Å². The molecule has 0 saturated heterocycles. The number of aromatic amines is 1. The van der Waals surface area contributed by atoms with E-state index < -0.39 is 0 Å². The fourth-order valence-corrected chi connectivity index (χ4v) is 2.97. The van der Waals surface area contributed by atoms with Crippen molar-refractivity contribution in [1.29, 1.82) is 0 Å². The summed E-state index contributed by atoms with van der Waals surface area (Å²) >= 11 is 0. The van der Waals surface area contributed by atoms with E-state index in [0.717, 1.165) is 22.9 Å². The number of hydrogen-bond acceptors (Lipinski definition) is 2. The molecule has 4 aromatic rings. The molecule has 4 nitrogen and oxygen atoms in total. The zero-order chi connectivity index (χ0) is 15.8. The lowest BCUT2D eigenvalue weighted by molar-refractivity contribution is 0.768. The zero-order valence-electron chi connectivity index (χ0n) is 12.9. The molecule has 0 aliphatic carbocycles. The molecule has 3 aromatic heterocycles. The third kappa shape index (κ3) is 2.42. The Kier molecular flexibility index (Phi) is 3.23. The normalized spacial score (nSPS) is 11.3. The van der Waals surface area contributed by atoms with Gasteiger partial charge in [0.2, 0.25) is 0 Å². The minimum Gasteiger partial charge on any atom is -0.358 e. The van der Waals surface area contributed by atoms with Crippen molar-refractivity contribution in [2.24, 2.45) is 0 Å². The first kappa shape index (κ1) is 13.8. The van der Waals surface area contributed by atoms with Gasteiger partial charge in [0, 0.05) is 29.8 Å². The second-order valence-electron chi connectivity index (χ2n) is 5.78. The van der Waals surface area contributed by atoms with Gasteiger partial charge in [-0.15, -0.1) is 0 Å². The topological polar surface area (TPSA) is 50.7 Å². The third-order valence-electron chi connectivity index (χ3n) is 4.26. The molecule has 0 atom stereocenters. The average Bonchev–Trinajstić information content (AvgIpc) is 3.00. The number of pyridine rings is 2. The number of fused-ring (bicyclic) bond motifs is 2. The molecule has 1 aromatic carbocycles. The first-order valence-corrected chi connectivity index (χ1v) is 7.78. The Bertz CT molecular complexity index is 1060. The van der Waals surface area contributed by atoms with Gasteiger partial charge in [-0.2, -0.15) is 0 Å². The van der Waals surface area contributed by atoms with E-state index in [1.165, 1.54) is 11.1 Å². The van der Waals surface area contributed by atoms with Gasteiger partial charge in [-0.3, -0.25) is 9.78 Å². The molecule has 0 fully saturated rings. The van der Waals surface area contributed by atoms with Gasteiger partial charge in [0.15, 0.2) is 0 Å². The van der Waals surface area contributed by atoms with Gasteiger partial charge < -0.3 is 9.55 Å². The molecule has 0 aliphatic heterocycles. The maximum atomic E-state index is 12.6. The minimum absolute atomic E-state index is 0.00331. The van der Waals surface area contributed by atoms with Crippen molar-refractivity contribution in [3.05, 3.63) is 76.6 Å². The second kappa shape index (κ2) is 5.39. The highest BCUT2D eigenvalue weighted by molar-refractivity contribution is 5.81. The highest BCUT2D eigenvalue weighted by Gasteiger charge is 2.05. The van der Waals surface area contributed by atoms with Gasteiger partial charge in [0.25, 0.3) is 5.56 Å². The van der Waals surface area contributed by atoms with E-state index in [2.05, 4.69) is 41.2 Å². The first-order chi connectivity index (χ1) is 11.2. The first-order valence-electron chi connectivity index (χ1n) is 7.78. The number of aryl methyl sites for hydroxylation is 1. The quantitative estimate of drug-likeness (QED) is 0.630. The molecule has 0 spiro atoms. The van der Waals surface area contributed by atoms with E-state index in [-0.39, 0.29) is 5.56 Å². The Morgan fingerprint density at radius 2 is 2.04 bits per heavy atom. The standard InChI is InChI=1S/C19H17N3O/c1-2-16-10-15-4-3-13(9-18(15)21-16)12-22-8-6-14-5-7-20-11-17(14)19(22)23/h3-11,21H,2,12H2,1H3. The van der Waals surface area contributed by atoms with E-state index in [1.807, 2.05) is 18.3 Å². The van der Waals surface area contributed by atoms with Crippen LogP contribution in [-0.2, 0) is 13.0 Å². The molecule has 0 unspecified atom stereocenters. The van der Waals surface area contributed by atoms with E-state index in [9.17, 15) is 4.79 Å². The molecule has 0 amide bonds. The van der Waals surface area contributed by atoms with Crippen molar-refractivity contribution in [3.63, 3.8) is 0 Å². The van der Waals surface area contributed by atoms with Gasteiger partial charge in [-0.05, 0) is 47.0 Å². The predicted molar refractivity (Wildman–Crippen MR) is 92.8 cm³/mol. The summed E-state index contributed by atoms with van der Waals surface area (Å²) < 4.78 is 1.73. The van der Waals surface area contributed by atoms with Crippen molar-refractivity contribution in [2.75, 3.05) is 0 Å². The Morgan fingerprint density at radius 1 is 1.13 bits per heavy atom. The van der Waals surface area contributed by atoms with Gasteiger partial charge in [0.1, 0.15) is 0 Å². The van der Waals surface area contributed by atoms with Crippen molar-refractivity contribution in [3.8, 4) is 0 Å². The van der Waals surface area contributed by atoms with Crippen LogP contribution in [0.1, 0.15) is 18.2 Å². The lowest BCUT2D eigenvalue weighted by atomic mass is 10.1. The van der Waals surface area contributed by atoms with Gasteiger partial charge in [-0.25, -0.2) is 0 Å². The fraction of sp³-hybridized carbons (Fsp3) is 0.158. The van der Waals surface area contributed by atoms with E-state index >= 15 is 0 Å². The average molecular weight is 303 g/mol. The molecule has 23 heavy (non-hydrogen) atoms. The molecular formula is C19H17N3O. The van der Waals surface area contributed by atoms with Gasteiger partial charge >= 0.3 is 0 Å². The van der Waals surface area contributed by atoms with Crippen LogP contribution in [0.5, 0.6) is 0 Å². The largest absolute Gasteiger partial charge is 0.358 e. The number of benzene rings is 1. The predicted octanol–water partition coefficient (Wildman–Crippen LogP) is 3.49. The minimum atomic E-state index is -0.00331. The second-order valence-corrected chi connectivity index (χ2v) is 5.78. The van der Waals surface area contributed by atoms with Crippen LogP contribution in [0.15, 0.2) is 59.8 Å². The maximum absolute atomic E-state index is 12.6. The number of aromatic nitrogens is 3. The van der Waals surface area contributed by atoms with Crippen LogP contribution in [0.4, 0.5) is 0 Å². The van der Waals surface area contributed by atoms with Crippen LogP contribution in [0.2, 0.25) is 0 Å². The summed E-state index contributed by atoms with van der Waals surface area (Å²) in [6.45, 7) is 2.69. The van der Waals surface area contributed by atoms with E-state index in [4.69, 9.17) is 0 Å². The Labute approximate surface area is 133 Å². The van der Waals surface area contributed by atoms with Crippen LogP contribution >= 0.6 is 0 Å². The number of nitrogens with one attached hydrogen (secondary N) is 1. The maximum Gasteiger partial charge on any atom is 0.260 e.